The number of piperidine rings is 1. The number of carbonyl (C=O) groups is 2. The number of amides is 2. The van der Waals surface area contributed by atoms with Crippen LogP contribution in [-0.2, 0) is 9.59 Å². The normalized spacial score (nSPS) is 32.5. The fourth-order valence-corrected chi connectivity index (χ4v) is 4.95. The fraction of sp³-hybridized carbons (Fsp3) is 0.600. The van der Waals surface area contributed by atoms with Gasteiger partial charge in [-0.25, -0.2) is 4.39 Å². The molecule has 1 aromatic rings. The van der Waals surface area contributed by atoms with Crippen molar-refractivity contribution in [2.45, 2.75) is 36.8 Å². The number of benzene rings is 1. The van der Waals surface area contributed by atoms with Gasteiger partial charge in [-0.15, -0.1) is 0 Å². The molecule has 9 heteroatoms. The Labute approximate surface area is 173 Å². The van der Waals surface area contributed by atoms with Gasteiger partial charge < -0.3 is 25.8 Å². The average Bonchev–Trinajstić information content (AvgIpc) is 2.66. The number of aliphatic hydroxyl groups is 1. The van der Waals surface area contributed by atoms with Gasteiger partial charge in [0.1, 0.15) is 11.6 Å². The van der Waals surface area contributed by atoms with Crippen LogP contribution in [0.25, 0.3) is 0 Å². The molecule has 2 bridgehead atoms. The lowest BCUT2D eigenvalue weighted by Crippen LogP contribution is -2.84. The van der Waals surface area contributed by atoms with Gasteiger partial charge in [0.05, 0.1) is 10.9 Å². The molecule has 3 saturated carbocycles. The van der Waals surface area contributed by atoms with E-state index in [9.17, 15) is 19.1 Å². The molecule has 0 radical (unpaired) electrons. The van der Waals surface area contributed by atoms with E-state index in [2.05, 4.69) is 16.0 Å². The second-order valence-electron chi connectivity index (χ2n) is 8.63. The van der Waals surface area contributed by atoms with E-state index in [1.807, 2.05) is 0 Å². The van der Waals surface area contributed by atoms with E-state index in [0.717, 1.165) is 12.6 Å². The van der Waals surface area contributed by atoms with Gasteiger partial charge in [-0.3, -0.25) is 9.59 Å². The number of rotatable bonds is 7. The van der Waals surface area contributed by atoms with Crippen molar-refractivity contribution in [3.8, 4) is 5.75 Å². The Balaban J connectivity index is 1.20. The predicted molar refractivity (Wildman–Crippen MR) is 104 cm³/mol. The highest BCUT2D eigenvalue weighted by molar-refractivity contribution is 6.30. The molecule has 4 aliphatic rings. The van der Waals surface area contributed by atoms with E-state index >= 15 is 0 Å². The topological polar surface area (TPSA) is 99.7 Å². The lowest BCUT2D eigenvalue weighted by atomic mass is 9.44. The molecule has 1 heterocycles. The second kappa shape index (κ2) is 7.74. The number of ether oxygens (including phenoxy) is 1. The fourth-order valence-electron chi connectivity index (χ4n) is 4.83. The van der Waals surface area contributed by atoms with E-state index in [1.54, 1.807) is 0 Å². The van der Waals surface area contributed by atoms with Gasteiger partial charge in [0.25, 0.3) is 5.91 Å². The molecule has 29 heavy (non-hydrogen) atoms. The lowest BCUT2D eigenvalue weighted by Gasteiger charge is -2.70. The van der Waals surface area contributed by atoms with Crippen LogP contribution in [0, 0.1) is 17.7 Å². The molecular weight excluding hydrogens is 401 g/mol. The monoisotopic (exact) mass is 425 g/mol. The summed E-state index contributed by atoms with van der Waals surface area (Å²) < 4.78 is 18.7. The van der Waals surface area contributed by atoms with Crippen molar-refractivity contribution in [2.75, 3.05) is 26.3 Å². The first-order valence-electron chi connectivity index (χ1n) is 9.85. The van der Waals surface area contributed by atoms with Crippen molar-refractivity contribution in [3.63, 3.8) is 0 Å². The molecule has 1 aliphatic heterocycles. The summed E-state index contributed by atoms with van der Waals surface area (Å²) in [6, 6.07) is 4.02. The first kappa shape index (κ1) is 20.4. The largest absolute Gasteiger partial charge is 0.484 e. The molecule has 0 aromatic heterocycles. The Morgan fingerprint density at radius 2 is 1.97 bits per heavy atom. The van der Waals surface area contributed by atoms with Crippen molar-refractivity contribution in [2.24, 2.45) is 11.8 Å². The molecule has 1 aromatic carbocycles. The van der Waals surface area contributed by atoms with Gasteiger partial charge in [0.15, 0.2) is 6.61 Å². The zero-order chi connectivity index (χ0) is 20.6. The first-order chi connectivity index (χ1) is 13.8. The zero-order valence-electron chi connectivity index (χ0n) is 16.0. The van der Waals surface area contributed by atoms with E-state index in [4.69, 9.17) is 16.3 Å². The molecule has 1 saturated heterocycles. The van der Waals surface area contributed by atoms with Crippen molar-refractivity contribution >= 4 is 23.4 Å². The van der Waals surface area contributed by atoms with Crippen LogP contribution in [0.1, 0.15) is 25.7 Å². The minimum Gasteiger partial charge on any atom is -0.484 e. The molecular formula is C20H25ClFN3O4. The number of hydrogen-bond donors (Lipinski definition) is 4. The highest BCUT2D eigenvalue weighted by Gasteiger charge is 2.69. The van der Waals surface area contributed by atoms with E-state index < -0.39 is 5.82 Å². The van der Waals surface area contributed by atoms with E-state index in [1.165, 1.54) is 12.1 Å². The minimum absolute atomic E-state index is 0.00102. The second-order valence-corrected chi connectivity index (χ2v) is 9.04. The molecule has 0 spiro atoms. The minimum atomic E-state index is -0.597. The van der Waals surface area contributed by atoms with Crippen LogP contribution in [0.2, 0.25) is 5.02 Å². The summed E-state index contributed by atoms with van der Waals surface area (Å²) in [5, 5.41) is 18.6. The lowest BCUT2D eigenvalue weighted by molar-refractivity contribution is -0.152. The number of halogens is 2. The SMILES string of the molecule is O=C(COc1ccc(Cl)c(F)c1)NC12CC(NC(=O)C3CNCC(CO)C3)(C1)C2. The summed E-state index contributed by atoms with van der Waals surface area (Å²) in [6.07, 6.45) is 2.81. The van der Waals surface area contributed by atoms with Crippen LogP contribution in [-0.4, -0.2) is 54.3 Å². The standard InChI is InChI=1S/C20H25ClFN3O4/c21-15-2-1-14(4-16(15)22)29-8-17(27)24-19-9-20(10-19,11-19)25-18(28)13-3-12(7-26)5-23-6-13/h1-2,4,12-13,23,26H,3,5-11H2,(H,24,27)(H,25,28). The molecule has 158 valence electrons. The maximum atomic E-state index is 13.4. The Hall–Kier alpha value is -1.90. The Bertz CT molecular complexity index is 801. The molecule has 4 N–H and O–H groups in total. The first-order valence-corrected chi connectivity index (χ1v) is 10.2. The van der Waals surface area contributed by atoms with Gasteiger partial charge in [0.2, 0.25) is 5.91 Å². The highest BCUT2D eigenvalue weighted by Crippen LogP contribution is 2.60. The number of carbonyl (C=O) groups excluding carboxylic acids is 2. The molecule has 3 aliphatic carbocycles. The predicted octanol–water partition coefficient (Wildman–Crippen LogP) is 0.983. The van der Waals surface area contributed by atoms with Crippen molar-refractivity contribution in [1.82, 2.24) is 16.0 Å². The van der Waals surface area contributed by atoms with Gasteiger partial charge >= 0.3 is 0 Å². The van der Waals surface area contributed by atoms with Crippen LogP contribution < -0.4 is 20.7 Å². The van der Waals surface area contributed by atoms with Crippen molar-refractivity contribution in [3.05, 3.63) is 29.0 Å². The van der Waals surface area contributed by atoms with Crippen LogP contribution in [0.15, 0.2) is 18.2 Å². The molecule has 5 rings (SSSR count). The van der Waals surface area contributed by atoms with Crippen LogP contribution in [0.3, 0.4) is 0 Å². The summed E-state index contributed by atoms with van der Waals surface area (Å²) in [6.45, 7) is 1.24. The quantitative estimate of drug-likeness (QED) is 0.522. The van der Waals surface area contributed by atoms with Crippen molar-refractivity contribution in [1.29, 1.82) is 0 Å². The van der Waals surface area contributed by atoms with Crippen LogP contribution >= 0.6 is 11.6 Å². The van der Waals surface area contributed by atoms with Gasteiger partial charge in [-0.2, -0.15) is 0 Å². The zero-order valence-corrected chi connectivity index (χ0v) is 16.7. The maximum Gasteiger partial charge on any atom is 0.258 e. The maximum absolute atomic E-state index is 13.4. The number of nitrogens with one attached hydrogen (secondary N) is 3. The summed E-state index contributed by atoms with van der Waals surface area (Å²) in [4.78, 5) is 24.7. The summed E-state index contributed by atoms with van der Waals surface area (Å²) in [5.41, 5.74) is -0.506. The number of hydrogen-bond acceptors (Lipinski definition) is 5. The average molecular weight is 426 g/mol. The molecule has 4 fully saturated rings. The number of aliphatic hydroxyl groups excluding tert-OH is 1. The third-order valence-corrected chi connectivity index (χ3v) is 6.46. The Morgan fingerprint density at radius 1 is 1.24 bits per heavy atom. The Kier molecular flexibility index (Phi) is 5.44. The Morgan fingerprint density at radius 3 is 2.66 bits per heavy atom. The third kappa shape index (κ3) is 4.20. The molecule has 2 atom stereocenters. The molecule has 2 unspecified atom stereocenters. The van der Waals surface area contributed by atoms with E-state index in [-0.39, 0.29) is 58.7 Å². The summed E-state index contributed by atoms with van der Waals surface area (Å²) in [7, 11) is 0. The van der Waals surface area contributed by atoms with Gasteiger partial charge in [0, 0.05) is 36.8 Å². The molecule has 7 nitrogen and oxygen atoms in total. The molecule has 2 amide bonds. The highest BCUT2D eigenvalue weighted by atomic mass is 35.5. The van der Waals surface area contributed by atoms with Crippen LogP contribution in [0.5, 0.6) is 5.75 Å². The summed E-state index contributed by atoms with van der Waals surface area (Å²) >= 11 is 5.62. The van der Waals surface area contributed by atoms with Crippen molar-refractivity contribution < 1.29 is 23.8 Å². The summed E-state index contributed by atoms with van der Waals surface area (Å²) in [5.74, 6) is -0.627. The van der Waals surface area contributed by atoms with Gasteiger partial charge in [-0.05, 0) is 43.7 Å². The smallest absolute Gasteiger partial charge is 0.258 e. The van der Waals surface area contributed by atoms with E-state index in [0.29, 0.717) is 32.2 Å². The van der Waals surface area contributed by atoms with Crippen LogP contribution in [0.4, 0.5) is 4.39 Å². The third-order valence-electron chi connectivity index (χ3n) is 6.15. The van der Waals surface area contributed by atoms with Gasteiger partial charge in [-0.1, -0.05) is 11.6 Å².